The Morgan fingerprint density at radius 2 is 1.69 bits per heavy atom. The molecule has 29 heavy (non-hydrogen) atoms. The Kier molecular flexibility index (Phi) is 5.76. The second kappa shape index (κ2) is 7.64. The van der Waals surface area contributed by atoms with E-state index in [-0.39, 0.29) is 11.2 Å². The minimum atomic E-state index is -1.03. The molecule has 0 aromatic rings. The Hall–Kier alpha value is -0.370. The highest BCUT2D eigenvalue weighted by Crippen LogP contribution is 2.68. The average molecular weight is 403 g/mol. The van der Waals surface area contributed by atoms with Crippen molar-refractivity contribution in [2.24, 2.45) is 46.3 Å². The smallest absolute Gasteiger partial charge is 0.165 e. The van der Waals surface area contributed by atoms with Crippen LogP contribution in [0.15, 0.2) is 0 Å². The molecule has 0 aromatic heterocycles. The lowest BCUT2D eigenvalue weighted by Crippen LogP contribution is -2.65. The quantitative estimate of drug-likeness (QED) is 0.549. The third kappa shape index (κ3) is 3.26. The number of aliphatic hydroxyl groups is 1. The van der Waals surface area contributed by atoms with Crippen LogP contribution in [-0.4, -0.2) is 16.5 Å². The molecule has 166 valence electrons. The molecule has 0 bridgehead atoms. The zero-order chi connectivity index (χ0) is 21.0. The van der Waals surface area contributed by atoms with Crippen molar-refractivity contribution in [2.45, 2.75) is 117 Å². The fourth-order valence-electron chi connectivity index (χ4n) is 9.09. The largest absolute Gasteiger partial charge is 0.381 e. The Bertz CT molecular complexity index is 626. The lowest BCUT2D eigenvalue weighted by molar-refractivity contribution is -0.203. The zero-order valence-corrected chi connectivity index (χ0v) is 19.8. The molecule has 0 aromatic carbocycles. The van der Waals surface area contributed by atoms with Gasteiger partial charge in [-0.2, -0.15) is 0 Å². The van der Waals surface area contributed by atoms with Gasteiger partial charge in [-0.3, -0.25) is 4.79 Å². The van der Waals surface area contributed by atoms with E-state index in [1.807, 2.05) is 0 Å². The van der Waals surface area contributed by atoms with E-state index in [1.54, 1.807) is 0 Å². The van der Waals surface area contributed by atoms with E-state index in [0.717, 1.165) is 30.6 Å². The number of hydrogen-bond acceptors (Lipinski definition) is 2. The van der Waals surface area contributed by atoms with Gasteiger partial charge in [0, 0.05) is 11.8 Å². The van der Waals surface area contributed by atoms with Crippen LogP contribution >= 0.6 is 0 Å². The fraction of sp³-hybridized carbons (Fsp3) is 0.963. The average Bonchev–Trinajstić information content (AvgIpc) is 3.01. The molecular formula is C27H46O2. The van der Waals surface area contributed by atoms with Crippen molar-refractivity contribution < 1.29 is 9.90 Å². The number of fused-ring (bicyclic) bond motifs is 5. The van der Waals surface area contributed by atoms with Crippen LogP contribution in [0.2, 0.25) is 0 Å². The number of carbonyl (C=O) groups excluding carboxylic acids is 1. The van der Waals surface area contributed by atoms with Crippen molar-refractivity contribution in [1.82, 2.24) is 0 Å². The molecule has 0 heterocycles. The molecule has 0 aliphatic heterocycles. The Balaban J connectivity index is 1.53. The predicted molar refractivity (Wildman–Crippen MR) is 120 cm³/mol. The third-order valence-electron chi connectivity index (χ3n) is 10.8. The van der Waals surface area contributed by atoms with Gasteiger partial charge in [0.2, 0.25) is 0 Å². The van der Waals surface area contributed by atoms with Crippen LogP contribution in [-0.2, 0) is 4.79 Å². The summed E-state index contributed by atoms with van der Waals surface area (Å²) in [5.74, 6) is 4.42. The minimum Gasteiger partial charge on any atom is -0.381 e. The molecule has 0 saturated heterocycles. The summed E-state index contributed by atoms with van der Waals surface area (Å²) in [7, 11) is 0. The van der Waals surface area contributed by atoms with Gasteiger partial charge >= 0.3 is 0 Å². The monoisotopic (exact) mass is 402 g/mol. The maximum atomic E-state index is 13.3. The number of hydrogen-bond donors (Lipinski definition) is 1. The molecule has 0 amide bonds. The van der Waals surface area contributed by atoms with Crippen LogP contribution in [0.1, 0.15) is 112 Å². The van der Waals surface area contributed by atoms with Gasteiger partial charge in [0.1, 0.15) is 5.60 Å². The molecule has 2 heteroatoms. The minimum absolute atomic E-state index is 0.173. The number of carbonyl (C=O) groups is 1. The molecule has 4 saturated carbocycles. The molecule has 0 spiro atoms. The lowest BCUT2D eigenvalue weighted by Gasteiger charge is -2.62. The van der Waals surface area contributed by atoms with E-state index in [2.05, 4.69) is 34.6 Å². The van der Waals surface area contributed by atoms with Crippen LogP contribution in [0.4, 0.5) is 0 Å². The first kappa shape index (κ1) is 21.8. The highest BCUT2D eigenvalue weighted by molar-refractivity contribution is 5.89. The molecule has 4 fully saturated rings. The molecule has 8 atom stereocenters. The lowest BCUT2D eigenvalue weighted by atomic mass is 9.43. The van der Waals surface area contributed by atoms with Crippen LogP contribution in [0.3, 0.4) is 0 Å². The van der Waals surface area contributed by atoms with Crippen molar-refractivity contribution in [3.63, 3.8) is 0 Å². The predicted octanol–water partition coefficient (Wildman–Crippen LogP) is 6.79. The van der Waals surface area contributed by atoms with E-state index < -0.39 is 5.60 Å². The number of ketones is 1. The van der Waals surface area contributed by atoms with E-state index >= 15 is 0 Å². The van der Waals surface area contributed by atoms with Crippen LogP contribution < -0.4 is 0 Å². The molecule has 4 aliphatic carbocycles. The standard InChI is InChI=1S/C27H46O2/c1-18(2)9-8-10-19(3)21-11-12-22-20-17-24(28)27(29)15-7-6-14-26(27,5)23(20)13-16-25(21,22)4/h18-23,29H,6-17H2,1-5H3/t19-,20+,21-,22+,23+,25-,26-,27+/m1/s1. The SMILES string of the molecule is CC(C)CCC[C@@H](C)[C@H]1CC[C@H]2[C@@H]3CC(=O)[C@@]4(O)CCCC[C@]4(C)[C@H]3CC[C@]12C. The molecule has 2 nitrogen and oxygen atoms in total. The summed E-state index contributed by atoms with van der Waals surface area (Å²) >= 11 is 0. The molecule has 0 radical (unpaired) electrons. The molecule has 0 unspecified atom stereocenters. The zero-order valence-electron chi connectivity index (χ0n) is 19.8. The fourth-order valence-corrected chi connectivity index (χ4v) is 9.09. The highest BCUT2D eigenvalue weighted by Gasteiger charge is 2.66. The summed E-state index contributed by atoms with van der Waals surface area (Å²) in [5.41, 5.74) is -0.783. The second-order valence-electron chi connectivity index (χ2n) is 12.5. The summed E-state index contributed by atoms with van der Waals surface area (Å²) < 4.78 is 0. The van der Waals surface area contributed by atoms with Gasteiger partial charge in [-0.1, -0.05) is 66.7 Å². The van der Waals surface area contributed by atoms with E-state index in [4.69, 9.17) is 0 Å². The van der Waals surface area contributed by atoms with Crippen molar-refractivity contribution in [3.05, 3.63) is 0 Å². The van der Waals surface area contributed by atoms with Gasteiger partial charge in [-0.05, 0) is 79.4 Å². The van der Waals surface area contributed by atoms with Crippen molar-refractivity contribution in [2.75, 3.05) is 0 Å². The third-order valence-corrected chi connectivity index (χ3v) is 10.8. The summed E-state index contributed by atoms with van der Waals surface area (Å²) in [4.78, 5) is 13.3. The normalized spacial score (nSPS) is 48.2. The van der Waals surface area contributed by atoms with Crippen LogP contribution in [0, 0.1) is 46.3 Å². The Morgan fingerprint density at radius 1 is 0.966 bits per heavy atom. The van der Waals surface area contributed by atoms with Gasteiger partial charge < -0.3 is 5.11 Å². The van der Waals surface area contributed by atoms with Gasteiger partial charge in [0.15, 0.2) is 5.78 Å². The first-order valence-electron chi connectivity index (χ1n) is 12.9. The number of rotatable bonds is 5. The maximum Gasteiger partial charge on any atom is 0.165 e. The van der Waals surface area contributed by atoms with Crippen molar-refractivity contribution >= 4 is 5.78 Å². The number of Topliss-reactive ketones (excluding diaryl/α,β-unsaturated/α-hetero) is 1. The summed E-state index contributed by atoms with van der Waals surface area (Å²) in [6.45, 7) is 12.1. The van der Waals surface area contributed by atoms with Crippen LogP contribution in [0.5, 0.6) is 0 Å². The van der Waals surface area contributed by atoms with Crippen LogP contribution in [0.25, 0.3) is 0 Å². The summed E-state index contributed by atoms with van der Waals surface area (Å²) in [5, 5.41) is 11.5. The molecule has 1 N–H and O–H groups in total. The van der Waals surface area contributed by atoms with Gasteiger partial charge in [0.25, 0.3) is 0 Å². The summed E-state index contributed by atoms with van der Waals surface area (Å²) in [6.07, 6.45) is 14.0. The van der Waals surface area contributed by atoms with Crippen molar-refractivity contribution in [3.8, 4) is 0 Å². The topological polar surface area (TPSA) is 37.3 Å². The second-order valence-corrected chi connectivity index (χ2v) is 12.5. The highest BCUT2D eigenvalue weighted by atomic mass is 16.3. The Labute approximate surface area is 179 Å². The maximum absolute atomic E-state index is 13.3. The van der Waals surface area contributed by atoms with E-state index in [0.29, 0.717) is 36.0 Å². The molecule has 4 rings (SSSR count). The first-order valence-corrected chi connectivity index (χ1v) is 12.9. The van der Waals surface area contributed by atoms with Crippen molar-refractivity contribution in [1.29, 1.82) is 0 Å². The Morgan fingerprint density at radius 3 is 2.41 bits per heavy atom. The molecular weight excluding hydrogens is 356 g/mol. The van der Waals surface area contributed by atoms with Gasteiger partial charge in [-0.25, -0.2) is 0 Å². The summed E-state index contributed by atoms with van der Waals surface area (Å²) in [6, 6.07) is 0. The van der Waals surface area contributed by atoms with E-state index in [1.165, 1.54) is 51.4 Å². The van der Waals surface area contributed by atoms with Gasteiger partial charge in [-0.15, -0.1) is 0 Å². The van der Waals surface area contributed by atoms with Gasteiger partial charge in [0.05, 0.1) is 0 Å². The first-order chi connectivity index (χ1) is 13.6. The van der Waals surface area contributed by atoms with E-state index in [9.17, 15) is 9.90 Å². The molecule has 4 aliphatic rings.